The topological polar surface area (TPSA) is 81.7 Å². The highest BCUT2D eigenvalue weighted by Crippen LogP contribution is 2.23. The van der Waals surface area contributed by atoms with E-state index < -0.39 is 17.3 Å². The minimum atomic E-state index is -0.698. The molecule has 0 saturated carbocycles. The van der Waals surface area contributed by atoms with Gasteiger partial charge in [-0.05, 0) is 12.1 Å². The summed E-state index contributed by atoms with van der Waals surface area (Å²) in [5.74, 6) is -0.991. The van der Waals surface area contributed by atoms with Crippen LogP contribution >= 0.6 is 11.6 Å². The number of nitrogens with one attached hydrogen (secondary N) is 2. The van der Waals surface area contributed by atoms with Crippen molar-refractivity contribution in [3.8, 4) is 0 Å². The molecule has 1 heterocycles. The van der Waals surface area contributed by atoms with Gasteiger partial charge >= 0.3 is 0 Å². The molecule has 0 bridgehead atoms. The van der Waals surface area contributed by atoms with Crippen LogP contribution in [0.1, 0.15) is 25.8 Å². The Labute approximate surface area is 157 Å². The highest BCUT2D eigenvalue weighted by Gasteiger charge is 2.32. The van der Waals surface area contributed by atoms with Crippen LogP contribution in [0.5, 0.6) is 0 Å². The summed E-state index contributed by atoms with van der Waals surface area (Å²) < 4.78 is 14.1. The van der Waals surface area contributed by atoms with Crippen molar-refractivity contribution in [2.75, 3.05) is 26.2 Å². The molecule has 2 rings (SSSR count). The first kappa shape index (κ1) is 20.6. The molecule has 8 heteroatoms. The van der Waals surface area contributed by atoms with Crippen LogP contribution in [0.2, 0.25) is 5.02 Å². The Hall–Kier alpha value is -1.70. The quantitative estimate of drug-likeness (QED) is 0.661. The van der Waals surface area contributed by atoms with Gasteiger partial charge in [-0.15, -0.1) is 0 Å². The van der Waals surface area contributed by atoms with E-state index in [1.807, 2.05) is 13.8 Å². The van der Waals surface area contributed by atoms with Crippen molar-refractivity contribution in [1.82, 2.24) is 15.5 Å². The number of hydrogen-bond acceptors (Lipinski definition) is 4. The van der Waals surface area contributed by atoms with E-state index in [4.69, 9.17) is 11.6 Å². The van der Waals surface area contributed by atoms with Gasteiger partial charge in [0.1, 0.15) is 5.82 Å². The Morgan fingerprint density at radius 2 is 2.23 bits per heavy atom. The highest BCUT2D eigenvalue weighted by atomic mass is 35.5. The first-order valence-electron chi connectivity index (χ1n) is 8.56. The van der Waals surface area contributed by atoms with E-state index in [0.717, 1.165) is 0 Å². The molecule has 1 saturated heterocycles. The van der Waals surface area contributed by atoms with Crippen molar-refractivity contribution in [1.29, 1.82) is 0 Å². The zero-order valence-electron chi connectivity index (χ0n) is 15.0. The fourth-order valence-corrected chi connectivity index (χ4v) is 2.92. The lowest BCUT2D eigenvalue weighted by Gasteiger charge is -2.35. The van der Waals surface area contributed by atoms with Gasteiger partial charge in [0.2, 0.25) is 11.8 Å². The molecule has 6 nitrogen and oxygen atoms in total. The number of carbonyl (C=O) groups is 2. The zero-order chi connectivity index (χ0) is 19.3. The molecule has 0 unspecified atom stereocenters. The summed E-state index contributed by atoms with van der Waals surface area (Å²) >= 11 is 6.08. The molecule has 1 aromatic rings. The van der Waals surface area contributed by atoms with Gasteiger partial charge in [0, 0.05) is 48.8 Å². The van der Waals surface area contributed by atoms with Gasteiger partial charge in [-0.25, -0.2) is 4.39 Å². The summed E-state index contributed by atoms with van der Waals surface area (Å²) in [5.41, 5.74) is -0.124. The molecule has 1 atom stereocenters. The summed E-state index contributed by atoms with van der Waals surface area (Å²) in [4.78, 5) is 26.3. The van der Waals surface area contributed by atoms with Gasteiger partial charge in [0.25, 0.3) is 0 Å². The molecule has 0 spiro atoms. The Morgan fingerprint density at radius 3 is 2.88 bits per heavy atom. The number of rotatable bonds is 7. The maximum absolute atomic E-state index is 14.1. The minimum Gasteiger partial charge on any atom is -0.396 e. The Kier molecular flexibility index (Phi) is 6.97. The number of hydrogen-bond donors (Lipinski definition) is 3. The number of benzene rings is 1. The second-order valence-corrected chi connectivity index (χ2v) is 7.69. The smallest absolute Gasteiger partial charge is 0.237 e. The Balaban J connectivity index is 2.06. The van der Waals surface area contributed by atoms with Gasteiger partial charge < -0.3 is 15.7 Å². The lowest BCUT2D eigenvalue weighted by molar-refractivity contribution is -0.134. The van der Waals surface area contributed by atoms with Crippen molar-refractivity contribution in [3.05, 3.63) is 34.6 Å². The highest BCUT2D eigenvalue weighted by molar-refractivity contribution is 6.31. The summed E-state index contributed by atoms with van der Waals surface area (Å²) in [6.45, 7) is 4.97. The van der Waals surface area contributed by atoms with Crippen LogP contribution in [-0.4, -0.2) is 54.1 Å². The van der Waals surface area contributed by atoms with Crippen molar-refractivity contribution >= 4 is 23.4 Å². The van der Waals surface area contributed by atoms with E-state index >= 15 is 0 Å². The van der Waals surface area contributed by atoms with Crippen LogP contribution in [-0.2, 0) is 16.1 Å². The third-order valence-electron chi connectivity index (χ3n) is 4.44. The van der Waals surface area contributed by atoms with Crippen molar-refractivity contribution in [2.45, 2.75) is 32.9 Å². The molecule has 1 aliphatic heterocycles. The third-order valence-corrected chi connectivity index (χ3v) is 4.79. The molecule has 1 aliphatic rings. The second-order valence-electron chi connectivity index (χ2n) is 7.28. The van der Waals surface area contributed by atoms with E-state index in [1.165, 1.54) is 12.1 Å². The lowest BCUT2D eigenvalue weighted by atomic mass is 9.95. The van der Waals surface area contributed by atoms with Gasteiger partial charge in [-0.3, -0.25) is 14.5 Å². The number of halogens is 2. The van der Waals surface area contributed by atoms with E-state index in [2.05, 4.69) is 10.6 Å². The van der Waals surface area contributed by atoms with Crippen LogP contribution in [0.3, 0.4) is 0 Å². The first-order valence-corrected chi connectivity index (χ1v) is 8.93. The molecule has 26 heavy (non-hydrogen) atoms. The molecular formula is C18H25ClFN3O3. The van der Waals surface area contributed by atoms with Crippen molar-refractivity contribution in [2.24, 2.45) is 5.41 Å². The minimum absolute atomic E-state index is 0.0422. The molecular weight excluding hydrogens is 361 g/mol. The maximum atomic E-state index is 14.1. The number of aliphatic hydroxyl groups excluding tert-OH is 1. The molecule has 144 valence electrons. The predicted molar refractivity (Wildman–Crippen MR) is 97.1 cm³/mol. The van der Waals surface area contributed by atoms with E-state index in [1.54, 1.807) is 11.0 Å². The fraction of sp³-hybridized carbons (Fsp3) is 0.556. The average Bonchev–Trinajstić information content (AvgIpc) is 2.59. The molecule has 1 fully saturated rings. The van der Waals surface area contributed by atoms with Crippen LogP contribution in [0.4, 0.5) is 4.39 Å². The molecule has 3 N–H and O–H groups in total. The Bertz CT molecular complexity index is 649. The first-order chi connectivity index (χ1) is 12.2. The van der Waals surface area contributed by atoms with Crippen LogP contribution in [0.25, 0.3) is 0 Å². The number of amides is 2. The number of carbonyl (C=O) groups excluding carboxylic acids is 2. The molecule has 0 aliphatic carbocycles. The van der Waals surface area contributed by atoms with Gasteiger partial charge in [0.05, 0.1) is 12.5 Å². The fourth-order valence-electron chi connectivity index (χ4n) is 2.70. The molecule has 0 radical (unpaired) electrons. The average molecular weight is 386 g/mol. The number of piperazine rings is 1. The Morgan fingerprint density at radius 1 is 1.50 bits per heavy atom. The van der Waals surface area contributed by atoms with Crippen LogP contribution < -0.4 is 10.6 Å². The summed E-state index contributed by atoms with van der Waals surface area (Å²) in [6, 6.07) is 3.75. The van der Waals surface area contributed by atoms with Gasteiger partial charge in [-0.2, -0.15) is 0 Å². The molecule has 2 amide bonds. The summed E-state index contributed by atoms with van der Waals surface area (Å²) in [7, 11) is 0. The monoisotopic (exact) mass is 385 g/mol. The largest absolute Gasteiger partial charge is 0.396 e. The van der Waals surface area contributed by atoms with Gasteiger partial charge in [0.15, 0.2) is 0 Å². The van der Waals surface area contributed by atoms with E-state index in [-0.39, 0.29) is 31.4 Å². The summed E-state index contributed by atoms with van der Waals surface area (Å²) in [5, 5.41) is 15.0. The zero-order valence-corrected chi connectivity index (χ0v) is 15.8. The number of nitrogens with zero attached hydrogens (tertiary/aromatic N) is 1. The number of aliphatic hydroxyl groups is 1. The third kappa shape index (κ3) is 5.40. The van der Waals surface area contributed by atoms with E-state index in [9.17, 15) is 19.1 Å². The normalized spacial score (nSPS) is 18.5. The molecule has 1 aromatic carbocycles. The van der Waals surface area contributed by atoms with Crippen LogP contribution in [0, 0.1) is 11.2 Å². The van der Waals surface area contributed by atoms with Crippen molar-refractivity contribution in [3.63, 3.8) is 0 Å². The molecule has 0 aromatic heterocycles. The summed E-state index contributed by atoms with van der Waals surface area (Å²) in [6.07, 6.45) is -0.0422. The standard InChI is InChI=1S/C18H25ClFN3O3/c1-18(2,11-24)10-22-16(25)8-15-17(26)21-6-7-23(15)9-12-13(19)4-3-5-14(12)20/h3-5,15,24H,6-11H2,1-2H3,(H,21,26)(H,22,25)/t15-/m1/s1. The van der Waals surface area contributed by atoms with Gasteiger partial charge in [-0.1, -0.05) is 31.5 Å². The maximum Gasteiger partial charge on any atom is 0.237 e. The second kappa shape index (κ2) is 8.79. The SMILES string of the molecule is CC(C)(CO)CNC(=O)C[C@@H]1C(=O)NCCN1Cc1c(F)cccc1Cl. The van der Waals surface area contributed by atoms with Crippen molar-refractivity contribution < 1.29 is 19.1 Å². The van der Waals surface area contributed by atoms with Crippen LogP contribution in [0.15, 0.2) is 18.2 Å². The van der Waals surface area contributed by atoms with E-state index in [0.29, 0.717) is 30.2 Å². The lowest BCUT2D eigenvalue weighted by Crippen LogP contribution is -2.56. The predicted octanol–water partition coefficient (Wildman–Crippen LogP) is 1.30.